The highest BCUT2D eigenvalue weighted by molar-refractivity contribution is 5.99. The quantitative estimate of drug-likeness (QED) is 0.822. The van der Waals surface area contributed by atoms with Gasteiger partial charge in [0.05, 0.1) is 5.56 Å². The zero-order chi connectivity index (χ0) is 12.2. The molecule has 0 aromatic heterocycles. The van der Waals surface area contributed by atoms with E-state index in [-0.39, 0.29) is 11.4 Å². The van der Waals surface area contributed by atoms with E-state index in [4.69, 9.17) is 0 Å². The lowest BCUT2D eigenvalue weighted by Crippen LogP contribution is -2.40. The molecule has 0 heterocycles. The predicted molar refractivity (Wildman–Crippen MR) is 67.8 cm³/mol. The Morgan fingerprint density at radius 1 is 1.25 bits per heavy atom. The molecule has 0 aliphatic rings. The van der Waals surface area contributed by atoms with Crippen molar-refractivity contribution in [1.82, 2.24) is 5.32 Å². The Morgan fingerprint density at radius 2 is 1.88 bits per heavy atom. The van der Waals surface area contributed by atoms with Crippen LogP contribution in [0, 0.1) is 0 Å². The second-order valence-electron chi connectivity index (χ2n) is 4.78. The monoisotopic (exact) mass is 220 g/mol. The summed E-state index contributed by atoms with van der Waals surface area (Å²) in [5.74, 6) is -0.0379. The van der Waals surface area contributed by atoms with Crippen LogP contribution in [-0.2, 0) is 0 Å². The molecular formula is C13H20N2O. The molecule has 0 spiro atoms. The predicted octanol–water partition coefficient (Wildman–Crippen LogP) is 2.65. The van der Waals surface area contributed by atoms with E-state index in [0.29, 0.717) is 5.56 Å². The molecule has 1 amide bonds. The Morgan fingerprint density at radius 3 is 2.44 bits per heavy atom. The molecule has 16 heavy (non-hydrogen) atoms. The summed E-state index contributed by atoms with van der Waals surface area (Å²) >= 11 is 0. The minimum Gasteiger partial charge on any atom is -0.385 e. The summed E-state index contributed by atoms with van der Waals surface area (Å²) in [4.78, 5) is 12.0. The van der Waals surface area contributed by atoms with Crippen LogP contribution < -0.4 is 10.6 Å². The van der Waals surface area contributed by atoms with E-state index in [1.165, 1.54) is 0 Å². The fraction of sp³-hybridized carbons (Fsp3) is 0.462. The van der Waals surface area contributed by atoms with E-state index in [9.17, 15) is 4.79 Å². The molecule has 3 nitrogen and oxygen atoms in total. The Hall–Kier alpha value is -1.51. The van der Waals surface area contributed by atoms with Gasteiger partial charge in [0.25, 0.3) is 5.91 Å². The lowest BCUT2D eigenvalue weighted by molar-refractivity contribution is 0.0920. The van der Waals surface area contributed by atoms with Gasteiger partial charge in [-0.3, -0.25) is 4.79 Å². The number of amides is 1. The van der Waals surface area contributed by atoms with Gasteiger partial charge in [-0.05, 0) is 39.8 Å². The van der Waals surface area contributed by atoms with Gasteiger partial charge in [0.1, 0.15) is 0 Å². The molecule has 88 valence electrons. The summed E-state index contributed by atoms with van der Waals surface area (Å²) < 4.78 is 0. The van der Waals surface area contributed by atoms with E-state index < -0.39 is 0 Å². The molecule has 0 atom stereocenters. The van der Waals surface area contributed by atoms with Gasteiger partial charge in [-0.1, -0.05) is 12.1 Å². The molecule has 0 fully saturated rings. The fourth-order valence-electron chi connectivity index (χ4n) is 1.43. The lowest BCUT2D eigenvalue weighted by atomic mass is 10.1. The van der Waals surface area contributed by atoms with Crippen molar-refractivity contribution in [2.24, 2.45) is 0 Å². The van der Waals surface area contributed by atoms with Crippen LogP contribution in [0.2, 0.25) is 0 Å². The second-order valence-corrected chi connectivity index (χ2v) is 4.78. The van der Waals surface area contributed by atoms with Crippen LogP contribution >= 0.6 is 0 Å². The molecule has 0 saturated carbocycles. The minimum atomic E-state index is -0.212. The van der Waals surface area contributed by atoms with Gasteiger partial charge >= 0.3 is 0 Å². The van der Waals surface area contributed by atoms with Crippen LogP contribution in [0.3, 0.4) is 0 Å². The smallest absolute Gasteiger partial charge is 0.253 e. The van der Waals surface area contributed by atoms with Crippen molar-refractivity contribution in [3.8, 4) is 0 Å². The Balaban J connectivity index is 2.90. The highest BCUT2D eigenvalue weighted by Crippen LogP contribution is 2.15. The number of carbonyl (C=O) groups excluding carboxylic acids is 1. The van der Waals surface area contributed by atoms with E-state index in [1.807, 2.05) is 52.0 Å². The molecule has 0 aliphatic carbocycles. The van der Waals surface area contributed by atoms with Crippen molar-refractivity contribution in [3.63, 3.8) is 0 Å². The molecule has 0 aliphatic heterocycles. The maximum atomic E-state index is 12.0. The number of para-hydroxylation sites is 1. The Labute approximate surface area is 97.2 Å². The summed E-state index contributed by atoms with van der Waals surface area (Å²) in [5, 5.41) is 6.14. The molecule has 1 aromatic rings. The normalized spacial score (nSPS) is 11.0. The first kappa shape index (κ1) is 12.6. The van der Waals surface area contributed by atoms with Crippen LogP contribution in [0.25, 0.3) is 0 Å². The third-order valence-electron chi connectivity index (χ3n) is 2.03. The third-order valence-corrected chi connectivity index (χ3v) is 2.03. The summed E-state index contributed by atoms with van der Waals surface area (Å²) in [7, 11) is 0. The maximum absolute atomic E-state index is 12.0. The average molecular weight is 220 g/mol. The molecule has 2 N–H and O–H groups in total. The van der Waals surface area contributed by atoms with Crippen molar-refractivity contribution < 1.29 is 4.79 Å². The SMILES string of the molecule is CCNc1ccccc1C(=O)NC(C)(C)C. The minimum absolute atomic E-state index is 0.0379. The molecule has 0 saturated heterocycles. The molecular weight excluding hydrogens is 200 g/mol. The van der Waals surface area contributed by atoms with Gasteiger partial charge < -0.3 is 10.6 Å². The largest absolute Gasteiger partial charge is 0.385 e. The van der Waals surface area contributed by atoms with E-state index in [1.54, 1.807) is 0 Å². The van der Waals surface area contributed by atoms with E-state index in [2.05, 4.69) is 10.6 Å². The standard InChI is InChI=1S/C13H20N2O/c1-5-14-11-9-7-6-8-10(11)12(16)15-13(2,3)4/h6-9,14H,5H2,1-4H3,(H,15,16). The number of hydrogen-bond acceptors (Lipinski definition) is 2. The van der Waals surface area contributed by atoms with Gasteiger partial charge in [-0.15, -0.1) is 0 Å². The second kappa shape index (κ2) is 5.01. The number of anilines is 1. The highest BCUT2D eigenvalue weighted by Gasteiger charge is 2.17. The first-order chi connectivity index (χ1) is 7.44. The van der Waals surface area contributed by atoms with Crippen LogP contribution in [0.4, 0.5) is 5.69 Å². The van der Waals surface area contributed by atoms with Gasteiger partial charge in [0.2, 0.25) is 0 Å². The van der Waals surface area contributed by atoms with Gasteiger partial charge in [0, 0.05) is 17.8 Å². The average Bonchev–Trinajstić information content (AvgIpc) is 2.16. The summed E-state index contributed by atoms with van der Waals surface area (Å²) in [5.41, 5.74) is 1.36. The van der Waals surface area contributed by atoms with Gasteiger partial charge in [-0.2, -0.15) is 0 Å². The number of nitrogens with one attached hydrogen (secondary N) is 2. The first-order valence-corrected chi connectivity index (χ1v) is 5.59. The lowest BCUT2D eigenvalue weighted by Gasteiger charge is -2.21. The van der Waals surface area contributed by atoms with Crippen molar-refractivity contribution in [3.05, 3.63) is 29.8 Å². The Bertz CT molecular complexity index is 366. The summed E-state index contributed by atoms with van der Waals surface area (Å²) in [6.45, 7) is 8.74. The number of hydrogen-bond donors (Lipinski definition) is 2. The number of rotatable bonds is 3. The topological polar surface area (TPSA) is 41.1 Å². The van der Waals surface area contributed by atoms with Crippen molar-refractivity contribution >= 4 is 11.6 Å². The number of benzene rings is 1. The zero-order valence-electron chi connectivity index (χ0n) is 10.4. The molecule has 3 heteroatoms. The molecule has 0 bridgehead atoms. The van der Waals surface area contributed by atoms with Crippen molar-refractivity contribution in [2.75, 3.05) is 11.9 Å². The van der Waals surface area contributed by atoms with Crippen LogP contribution in [0.15, 0.2) is 24.3 Å². The van der Waals surface area contributed by atoms with Crippen LogP contribution in [0.1, 0.15) is 38.1 Å². The van der Waals surface area contributed by atoms with E-state index >= 15 is 0 Å². The van der Waals surface area contributed by atoms with Crippen molar-refractivity contribution in [2.45, 2.75) is 33.2 Å². The fourth-order valence-corrected chi connectivity index (χ4v) is 1.43. The highest BCUT2D eigenvalue weighted by atomic mass is 16.1. The van der Waals surface area contributed by atoms with Gasteiger partial charge in [0.15, 0.2) is 0 Å². The number of carbonyl (C=O) groups is 1. The van der Waals surface area contributed by atoms with Crippen LogP contribution in [0.5, 0.6) is 0 Å². The molecule has 1 rings (SSSR count). The third kappa shape index (κ3) is 3.57. The zero-order valence-corrected chi connectivity index (χ0v) is 10.4. The maximum Gasteiger partial charge on any atom is 0.253 e. The molecule has 0 radical (unpaired) electrons. The van der Waals surface area contributed by atoms with Crippen molar-refractivity contribution in [1.29, 1.82) is 0 Å². The molecule has 0 unspecified atom stereocenters. The first-order valence-electron chi connectivity index (χ1n) is 5.59. The summed E-state index contributed by atoms with van der Waals surface area (Å²) in [6, 6.07) is 7.55. The summed E-state index contributed by atoms with van der Waals surface area (Å²) in [6.07, 6.45) is 0. The Kier molecular flexibility index (Phi) is 3.93. The van der Waals surface area contributed by atoms with Gasteiger partial charge in [-0.25, -0.2) is 0 Å². The molecule has 1 aromatic carbocycles. The van der Waals surface area contributed by atoms with Crippen LogP contribution in [-0.4, -0.2) is 18.0 Å². The van der Waals surface area contributed by atoms with E-state index in [0.717, 1.165) is 12.2 Å².